The van der Waals surface area contributed by atoms with Crippen LogP contribution in [0.25, 0.3) is 0 Å². The summed E-state index contributed by atoms with van der Waals surface area (Å²) in [6.07, 6.45) is 3.01. The predicted molar refractivity (Wildman–Crippen MR) is 85.3 cm³/mol. The Bertz CT molecular complexity index is 616. The molecule has 0 bridgehead atoms. The molecule has 1 nitrogen and oxygen atoms in total. The van der Waals surface area contributed by atoms with Gasteiger partial charge in [0, 0.05) is 6.04 Å². The zero-order valence-electron chi connectivity index (χ0n) is 12.1. The molecule has 1 aliphatic carbocycles. The highest BCUT2D eigenvalue weighted by atomic mass is 35.5. The fourth-order valence-electron chi connectivity index (χ4n) is 3.30. The molecule has 1 unspecified atom stereocenters. The van der Waals surface area contributed by atoms with Crippen molar-refractivity contribution >= 4 is 11.6 Å². The lowest BCUT2D eigenvalue weighted by molar-refractivity contribution is 0.383. The summed E-state index contributed by atoms with van der Waals surface area (Å²) in [6.45, 7) is 0. The van der Waals surface area contributed by atoms with Crippen molar-refractivity contribution in [2.75, 3.05) is 7.05 Å². The van der Waals surface area contributed by atoms with Gasteiger partial charge in [-0.1, -0.05) is 41.9 Å². The molecule has 0 amide bonds. The van der Waals surface area contributed by atoms with Gasteiger partial charge in [0.25, 0.3) is 0 Å². The molecule has 0 saturated carbocycles. The van der Waals surface area contributed by atoms with E-state index in [1.807, 2.05) is 13.1 Å². The number of halogens is 2. The quantitative estimate of drug-likeness (QED) is 0.899. The maximum atomic E-state index is 13.6. The Kier molecular flexibility index (Phi) is 4.27. The van der Waals surface area contributed by atoms with Crippen LogP contribution in [0.4, 0.5) is 4.39 Å². The first-order chi connectivity index (χ1) is 10.2. The molecular weight excluding hydrogens is 285 g/mol. The Labute approximate surface area is 130 Å². The van der Waals surface area contributed by atoms with Crippen LogP contribution in [-0.4, -0.2) is 13.1 Å². The van der Waals surface area contributed by atoms with E-state index in [1.54, 1.807) is 12.1 Å². The second-order valence-corrected chi connectivity index (χ2v) is 6.19. The molecule has 3 rings (SSSR count). The SMILES string of the molecule is CNC(Cc1ccc(Cl)c(F)c1)C1Cc2ccccc2C1. The largest absolute Gasteiger partial charge is 0.316 e. The monoisotopic (exact) mass is 303 g/mol. The summed E-state index contributed by atoms with van der Waals surface area (Å²) in [7, 11) is 1.99. The van der Waals surface area contributed by atoms with E-state index in [9.17, 15) is 4.39 Å². The summed E-state index contributed by atoms with van der Waals surface area (Å²) in [5.41, 5.74) is 3.89. The normalized spacial score (nSPS) is 16.0. The van der Waals surface area contributed by atoms with E-state index >= 15 is 0 Å². The topological polar surface area (TPSA) is 12.0 Å². The van der Waals surface area contributed by atoms with E-state index in [1.165, 1.54) is 11.1 Å². The van der Waals surface area contributed by atoms with Crippen LogP contribution in [0, 0.1) is 11.7 Å². The Morgan fingerprint density at radius 3 is 2.43 bits per heavy atom. The molecule has 21 heavy (non-hydrogen) atoms. The highest BCUT2D eigenvalue weighted by molar-refractivity contribution is 6.30. The summed E-state index contributed by atoms with van der Waals surface area (Å²) in [5.74, 6) is 0.227. The Morgan fingerprint density at radius 2 is 1.86 bits per heavy atom. The minimum absolute atomic E-state index is 0.188. The van der Waals surface area contributed by atoms with Crippen LogP contribution in [0.3, 0.4) is 0 Å². The van der Waals surface area contributed by atoms with E-state index < -0.39 is 0 Å². The molecule has 110 valence electrons. The van der Waals surface area contributed by atoms with Crippen molar-refractivity contribution in [3.05, 3.63) is 70.0 Å². The smallest absolute Gasteiger partial charge is 0.142 e. The molecule has 2 aromatic rings. The second-order valence-electron chi connectivity index (χ2n) is 5.78. The first-order valence-corrected chi connectivity index (χ1v) is 7.73. The van der Waals surface area contributed by atoms with Crippen LogP contribution in [0.1, 0.15) is 16.7 Å². The number of hydrogen-bond donors (Lipinski definition) is 1. The van der Waals surface area contributed by atoms with Crippen LogP contribution in [0.2, 0.25) is 5.02 Å². The van der Waals surface area contributed by atoms with Gasteiger partial charge in [-0.2, -0.15) is 0 Å². The molecule has 1 atom stereocenters. The number of nitrogens with one attached hydrogen (secondary N) is 1. The Morgan fingerprint density at radius 1 is 1.19 bits per heavy atom. The second kappa shape index (κ2) is 6.17. The highest BCUT2D eigenvalue weighted by Crippen LogP contribution is 2.30. The van der Waals surface area contributed by atoms with Gasteiger partial charge in [-0.05, 0) is 61.1 Å². The molecule has 0 fully saturated rings. The lowest BCUT2D eigenvalue weighted by Crippen LogP contribution is -2.36. The summed E-state index contributed by atoms with van der Waals surface area (Å²) < 4.78 is 13.6. The molecule has 0 aromatic heterocycles. The minimum atomic E-state index is -0.335. The zero-order valence-corrected chi connectivity index (χ0v) is 12.8. The Hall–Kier alpha value is -1.38. The molecule has 2 aromatic carbocycles. The molecule has 3 heteroatoms. The van der Waals surface area contributed by atoms with Gasteiger partial charge >= 0.3 is 0 Å². The van der Waals surface area contributed by atoms with Crippen LogP contribution in [0.15, 0.2) is 42.5 Å². The summed E-state index contributed by atoms with van der Waals surface area (Å²) in [4.78, 5) is 0. The van der Waals surface area contributed by atoms with E-state index in [4.69, 9.17) is 11.6 Å². The molecular formula is C18H19ClFN. The summed E-state index contributed by atoms with van der Waals surface area (Å²) >= 11 is 5.75. The molecule has 1 N–H and O–H groups in total. The van der Waals surface area contributed by atoms with Crippen LogP contribution >= 0.6 is 11.6 Å². The van der Waals surface area contributed by atoms with Crippen molar-refractivity contribution in [2.45, 2.75) is 25.3 Å². The van der Waals surface area contributed by atoms with Crippen LogP contribution in [0.5, 0.6) is 0 Å². The number of benzene rings is 2. The number of fused-ring (bicyclic) bond motifs is 1. The van der Waals surface area contributed by atoms with E-state index in [0.29, 0.717) is 12.0 Å². The fraction of sp³-hybridized carbons (Fsp3) is 0.333. The van der Waals surface area contributed by atoms with Crippen molar-refractivity contribution < 1.29 is 4.39 Å². The van der Waals surface area contributed by atoms with Gasteiger partial charge in [-0.3, -0.25) is 0 Å². The molecule has 0 radical (unpaired) electrons. The average molecular weight is 304 g/mol. The zero-order chi connectivity index (χ0) is 14.8. The first-order valence-electron chi connectivity index (χ1n) is 7.35. The molecule has 0 heterocycles. The molecule has 1 aliphatic rings. The van der Waals surface area contributed by atoms with Crippen molar-refractivity contribution in [1.82, 2.24) is 5.32 Å². The maximum Gasteiger partial charge on any atom is 0.142 e. The average Bonchev–Trinajstić information content (AvgIpc) is 2.92. The minimum Gasteiger partial charge on any atom is -0.316 e. The summed E-state index contributed by atoms with van der Waals surface area (Å²) in [5, 5.41) is 3.59. The van der Waals surface area contributed by atoms with E-state index in [2.05, 4.69) is 29.6 Å². The van der Waals surface area contributed by atoms with Crippen molar-refractivity contribution in [3.8, 4) is 0 Å². The van der Waals surface area contributed by atoms with Gasteiger partial charge in [0.15, 0.2) is 0 Å². The molecule has 0 saturated heterocycles. The molecule has 0 aliphatic heterocycles. The lowest BCUT2D eigenvalue weighted by atomic mass is 9.91. The van der Waals surface area contributed by atoms with Crippen molar-refractivity contribution in [3.63, 3.8) is 0 Å². The third-order valence-corrected chi connectivity index (χ3v) is 4.77. The van der Waals surface area contributed by atoms with Gasteiger partial charge in [-0.25, -0.2) is 4.39 Å². The van der Waals surface area contributed by atoms with Gasteiger partial charge in [0.05, 0.1) is 5.02 Å². The predicted octanol–water partition coefficient (Wildman–Crippen LogP) is 4.02. The van der Waals surface area contributed by atoms with Crippen molar-refractivity contribution in [2.24, 2.45) is 5.92 Å². The van der Waals surface area contributed by atoms with Gasteiger partial charge in [-0.15, -0.1) is 0 Å². The Balaban J connectivity index is 1.73. The first kappa shape index (κ1) is 14.6. The van der Waals surface area contributed by atoms with Crippen LogP contribution in [-0.2, 0) is 19.3 Å². The standard InChI is InChI=1S/C18H19ClFN/c1-21-18(9-12-6-7-16(19)17(20)8-12)15-10-13-4-2-3-5-14(13)11-15/h2-8,15,18,21H,9-11H2,1H3. The highest BCUT2D eigenvalue weighted by Gasteiger charge is 2.27. The summed E-state index contributed by atoms with van der Waals surface area (Å²) in [6, 6.07) is 14.1. The molecule has 0 spiro atoms. The number of rotatable bonds is 4. The maximum absolute atomic E-state index is 13.6. The van der Waals surface area contributed by atoms with Crippen molar-refractivity contribution in [1.29, 1.82) is 0 Å². The third-order valence-electron chi connectivity index (χ3n) is 4.46. The number of likely N-dealkylation sites (N-methyl/N-ethyl adjacent to an activating group) is 1. The van der Waals surface area contributed by atoms with E-state index in [-0.39, 0.29) is 10.8 Å². The lowest BCUT2D eigenvalue weighted by Gasteiger charge is -2.23. The van der Waals surface area contributed by atoms with E-state index in [0.717, 1.165) is 24.8 Å². The third kappa shape index (κ3) is 3.12. The van der Waals surface area contributed by atoms with Gasteiger partial charge < -0.3 is 5.32 Å². The van der Waals surface area contributed by atoms with Gasteiger partial charge in [0.1, 0.15) is 5.82 Å². The van der Waals surface area contributed by atoms with Crippen LogP contribution < -0.4 is 5.32 Å². The fourth-order valence-corrected chi connectivity index (χ4v) is 3.42. The number of hydrogen-bond acceptors (Lipinski definition) is 1. The van der Waals surface area contributed by atoms with Gasteiger partial charge in [0.2, 0.25) is 0 Å².